The Bertz CT molecular complexity index is 321. The van der Waals surface area contributed by atoms with Gasteiger partial charge in [-0.05, 0) is 37.3 Å². The predicted octanol–water partition coefficient (Wildman–Crippen LogP) is 2.15. The summed E-state index contributed by atoms with van der Waals surface area (Å²) < 4.78 is 0. The highest BCUT2D eigenvalue weighted by Gasteiger charge is 2.24. The fourth-order valence-electron chi connectivity index (χ4n) is 2.57. The molecule has 4 N–H and O–H groups in total. The average molecular weight is 235 g/mol. The molecule has 0 radical (unpaired) electrons. The van der Waals surface area contributed by atoms with Crippen LogP contribution in [0.25, 0.3) is 0 Å². The van der Waals surface area contributed by atoms with Gasteiger partial charge in [-0.1, -0.05) is 13.8 Å². The summed E-state index contributed by atoms with van der Waals surface area (Å²) >= 11 is 0. The van der Waals surface area contributed by atoms with E-state index in [0.29, 0.717) is 12.1 Å². The van der Waals surface area contributed by atoms with Gasteiger partial charge in [0.1, 0.15) is 0 Å². The van der Waals surface area contributed by atoms with E-state index in [2.05, 4.69) is 36.4 Å². The molecule has 2 rings (SSSR count). The minimum Gasteiger partial charge on any atom is -0.367 e. The Hall–Kier alpha value is -0.800. The van der Waals surface area contributed by atoms with Crippen molar-refractivity contribution in [3.8, 4) is 0 Å². The van der Waals surface area contributed by atoms with Gasteiger partial charge in [0.05, 0.1) is 0 Å². The van der Waals surface area contributed by atoms with Crippen LogP contribution in [0.3, 0.4) is 0 Å². The maximum Gasteiger partial charge on any atom is 0.00685 e. The first-order chi connectivity index (χ1) is 8.08. The van der Waals surface area contributed by atoms with Crippen LogP contribution in [0.4, 0.5) is 0 Å². The van der Waals surface area contributed by atoms with Crippen molar-refractivity contribution in [1.82, 2.24) is 10.3 Å². The lowest BCUT2D eigenvalue weighted by Crippen LogP contribution is -2.42. The molecular formula is C14H25N3. The van der Waals surface area contributed by atoms with Crippen molar-refractivity contribution in [3.05, 3.63) is 24.0 Å². The zero-order valence-corrected chi connectivity index (χ0v) is 11.0. The second-order valence-electron chi connectivity index (χ2n) is 5.98. The molecule has 0 aliphatic heterocycles. The summed E-state index contributed by atoms with van der Waals surface area (Å²) in [4.78, 5) is 3.14. The molecule has 0 bridgehead atoms. The number of aromatic amines is 1. The van der Waals surface area contributed by atoms with Gasteiger partial charge >= 0.3 is 0 Å². The van der Waals surface area contributed by atoms with Crippen molar-refractivity contribution >= 4 is 0 Å². The Morgan fingerprint density at radius 2 is 2.06 bits per heavy atom. The van der Waals surface area contributed by atoms with Crippen LogP contribution in [0.5, 0.6) is 0 Å². The van der Waals surface area contributed by atoms with Crippen LogP contribution < -0.4 is 11.1 Å². The third-order valence-electron chi connectivity index (χ3n) is 3.98. The second kappa shape index (κ2) is 5.23. The van der Waals surface area contributed by atoms with Crippen LogP contribution in [0, 0.1) is 0 Å². The van der Waals surface area contributed by atoms with Crippen LogP contribution in [0.2, 0.25) is 0 Å². The van der Waals surface area contributed by atoms with Gasteiger partial charge in [-0.15, -0.1) is 0 Å². The Kier molecular flexibility index (Phi) is 3.89. The molecule has 0 atom stereocenters. The van der Waals surface area contributed by atoms with Gasteiger partial charge in [0.25, 0.3) is 0 Å². The number of nitrogens with one attached hydrogen (secondary N) is 2. The van der Waals surface area contributed by atoms with E-state index < -0.39 is 0 Å². The zero-order chi connectivity index (χ0) is 12.3. The van der Waals surface area contributed by atoms with Crippen LogP contribution in [-0.4, -0.2) is 23.6 Å². The molecule has 0 spiro atoms. The minimum absolute atomic E-state index is 0.194. The highest BCUT2D eigenvalue weighted by molar-refractivity contribution is 5.20. The summed E-state index contributed by atoms with van der Waals surface area (Å²) in [5.41, 5.74) is 7.49. The summed E-state index contributed by atoms with van der Waals surface area (Å²) in [6.07, 6.45) is 8.88. The summed E-state index contributed by atoms with van der Waals surface area (Å²) in [7, 11) is 0. The molecule has 17 heavy (non-hydrogen) atoms. The molecule has 1 fully saturated rings. The largest absolute Gasteiger partial charge is 0.367 e. The molecule has 3 nitrogen and oxygen atoms in total. The molecule has 1 aromatic rings. The Morgan fingerprint density at radius 1 is 1.35 bits per heavy atom. The first kappa shape index (κ1) is 12.7. The average Bonchev–Trinajstić information content (AvgIpc) is 2.82. The molecule has 1 aromatic heterocycles. The van der Waals surface area contributed by atoms with Crippen molar-refractivity contribution in [2.45, 2.75) is 57.0 Å². The van der Waals surface area contributed by atoms with Gasteiger partial charge in [-0.2, -0.15) is 0 Å². The van der Waals surface area contributed by atoms with Gasteiger partial charge in [0.2, 0.25) is 0 Å². The van der Waals surface area contributed by atoms with Crippen molar-refractivity contribution < 1.29 is 0 Å². The normalized spacial score (nSPS) is 26.1. The lowest BCUT2D eigenvalue weighted by molar-refractivity contribution is 0.320. The number of hydrogen-bond donors (Lipinski definition) is 3. The van der Waals surface area contributed by atoms with E-state index in [9.17, 15) is 0 Å². The van der Waals surface area contributed by atoms with Gasteiger partial charge in [0.15, 0.2) is 0 Å². The number of hydrogen-bond acceptors (Lipinski definition) is 2. The van der Waals surface area contributed by atoms with E-state index in [-0.39, 0.29) is 5.41 Å². The van der Waals surface area contributed by atoms with E-state index in [1.165, 1.54) is 31.2 Å². The summed E-state index contributed by atoms with van der Waals surface area (Å²) in [6, 6.07) is 3.26. The lowest BCUT2D eigenvalue weighted by Gasteiger charge is -2.31. The monoisotopic (exact) mass is 235 g/mol. The first-order valence-corrected chi connectivity index (χ1v) is 6.70. The molecule has 96 valence electrons. The Balaban J connectivity index is 1.81. The molecule has 1 aliphatic carbocycles. The number of aromatic nitrogens is 1. The lowest BCUT2D eigenvalue weighted by atomic mass is 9.85. The van der Waals surface area contributed by atoms with Crippen LogP contribution in [0.15, 0.2) is 18.5 Å². The molecule has 0 saturated heterocycles. The second-order valence-corrected chi connectivity index (χ2v) is 5.98. The first-order valence-electron chi connectivity index (χ1n) is 6.70. The van der Waals surface area contributed by atoms with Gasteiger partial charge in [-0.25, -0.2) is 0 Å². The predicted molar refractivity (Wildman–Crippen MR) is 72.1 cm³/mol. The topological polar surface area (TPSA) is 53.8 Å². The maximum atomic E-state index is 5.92. The van der Waals surface area contributed by atoms with Crippen LogP contribution in [-0.2, 0) is 5.41 Å². The summed E-state index contributed by atoms with van der Waals surface area (Å²) in [5.74, 6) is 0. The smallest absolute Gasteiger partial charge is 0.00685 e. The fourth-order valence-corrected chi connectivity index (χ4v) is 2.57. The highest BCUT2D eigenvalue weighted by atomic mass is 14.9. The van der Waals surface area contributed by atoms with E-state index in [4.69, 9.17) is 5.73 Å². The SMILES string of the molecule is CC(C)(CNC1CCC(N)CC1)c1cc[nH]c1. The maximum absolute atomic E-state index is 5.92. The summed E-state index contributed by atoms with van der Waals surface area (Å²) in [5, 5.41) is 3.70. The van der Waals surface area contributed by atoms with Gasteiger partial charge in [0, 0.05) is 36.4 Å². The Morgan fingerprint density at radius 3 is 2.65 bits per heavy atom. The van der Waals surface area contributed by atoms with Gasteiger partial charge < -0.3 is 16.0 Å². The number of nitrogens with two attached hydrogens (primary N) is 1. The van der Waals surface area contributed by atoms with E-state index in [1.807, 2.05) is 6.20 Å². The quantitative estimate of drug-likeness (QED) is 0.749. The van der Waals surface area contributed by atoms with Gasteiger partial charge in [-0.3, -0.25) is 0 Å². The highest BCUT2D eigenvalue weighted by Crippen LogP contribution is 2.23. The van der Waals surface area contributed by atoms with Crippen molar-refractivity contribution in [2.24, 2.45) is 5.73 Å². The standard InChI is InChI=1S/C14H25N3/c1-14(2,11-7-8-16-9-11)10-17-13-5-3-12(15)4-6-13/h7-9,12-13,16-17H,3-6,10,15H2,1-2H3. The third kappa shape index (κ3) is 3.33. The van der Waals surface area contributed by atoms with E-state index in [0.717, 1.165) is 6.54 Å². The fraction of sp³-hybridized carbons (Fsp3) is 0.714. The molecule has 0 aromatic carbocycles. The molecule has 3 heteroatoms. The molecule has 1 aliphatic rings. The minimum atomic E-state index is 0.194. The van der Waals surface area contributed by atoms with Crippen molar-refractivity contribution in [2.75, 3.05) is 6.54 Å². The van der Waals surface area contributed by atoms with E-state index in [1.54, 1.807) is 0 Å². The van der Waals surface area contributed by atoms with Crippen LogP contribution >= 0.6 is 0 Å². The number of rotatable bonds is 4. The molecule has 0 amide bonds. The molecule has 0 unspecified atom stereocenters. The van der Waals surface area contributed by atoms with E-state index >= 15 is 0 Å². The number of H-pyrrole nitrogens is 1. The molecule has 1 heterocycles. The zero-order valence-electron chi connectivity index (χ0n) is 11.0. The summed E-state index contributed by atoms with van der Waals surface area (Å²) in [6.45, 7) is 5.61. The molecular weight excluding hydrogens is 210 g/mol. The van der Waals surface area contributed by atoms with Crippen molar-refractivity contribution in [3.63, 3.8) is 0 Å². The molecule has 1 saturated carbocycles. The Labute approximate surface area is 104 Å². The van der Waals surface area contributed by atoms with Crippen molar-refractivity contribution in [1.29, 1.82) is 0 Å². The third-order valence-corrected chi connectivity index (χ3v) is 3.98. The van der Waals surface area contributed by atoms with Crippen LogP contribution in [0.1, 0.15) is 45.1 Å².